The van der Waals surface area contributed by atoms with Crippen LogP contribution >= 0.6 is 12.4 Å². The van der Waals surface area contributed by atoms with E-state index < -0.39 is 0 Å². The third kappa shape index (κ3) is 2.66. The number of hydrogen-bond acceptors (Lipinski definition) is 3. The van der Waals surface area contributed by atoms with Gasteiger partial charge in [0.2, 0.25) is 0 Å². The Morgan fingerprint density at radius 1 is 0.958 bits per heavy atom. The van der Waals surface area contributed by atoms with Crippen molar-refractivity contribution >= 4 is 12.4 Å². The van der Waals surface area contributed by atoms with Crippen LogP contribution < -0.4 is 14.8 Å². The molecule has 4 heteroatoms. The van der Waals surface area contributed by atoms with Gasteiger partial charge in [0.05, 0.1) is 14.2 Å². The van der Waals surface area contributed by atoms with E-state index in [0.29, 0.717) is 12.0 Å². The summed E-state index contributed by atoms with van der Waals surface area (Å²) in [7, 11) is 3.42. The summed E-state index contributed by atoms with van der Waals surface area (Å²) in [4.78, 5) is 0. The van der Waals surface area contributed by atoms with Gasteiger partial charge in [0.1, 0.15) is 0 Å². The monoisotopic (exact) mass is 345 g/mol. The molecule has 0 unspecified atom stereocenters. The maximum Gasteiger partial charge on any atom is 0.161 e. The van der Waals surface area contributed by atoms with Gasteiger partial charge in [-0.2, -0.15) is 0 Å². The third-order valence-corrected chi connectivity index (χ3v) is 5.30. The van der Waals surface area contributed by atoms with Crippen LogP contribution in [0.3, 0.4) is 0 Å². The second kappa shape index (κ2) is 6.66. The molecule has 1 N–H and O–H groups in total. The SMILES string of the molecule is COc1cc2c(cc1OC)[C@@H]1c3cc(C)ccc3CN[C@H]1CC2.Cl. The van der Waals surface area contributed by atoms with Gasteiger partial charge in [-0.05, 0) is 54.2 Å². The Kier molecular flexibility index (Phi) is 4.75. The first-order chi connectivity index (χ1) is 11.2. The number of fused-ring (bicyclic) bond motifs is 5. The van der Waals surface area contributed by atoms with Gasteiger partial charge >= 0.3 is 0 Å². The van der Waals surface area contributed by atoms with E-state index in [4.69, 9.17) is 9.47 Å². The molecule has 4 rings (SSSR count). The summed E-state index contributed by atoms with van der Waals surface area (Å²) in [5.41, 5.74) is 7.00. The van der Waals surface area contributed by atoms with Crippen molar-refractivity contribution in [1.82, 2.24) is 5.32 Å². The van der Waals surface area contributed by atoms with Crippen molar-refractivity contribution in [3.8, 4) is 11.5 Å². The first-order valence-electron chi connectivity index (χ1n) is 8.29. The highest BCUT2D eigenvalue weighted by Crippen LogP contribution is 2.44. The second-order valence-electron chi connectivity index (χ2n) is 6.61. The molecule has 1 aliphatic carbocycles. The van der Waals surface area contributed by atoms with E-state index in [0.717, 1.165) is 24.5 Å². The van der Waals surface area contributed by atoms with Crippen LogP contribution in [0.4, 0.5) is 0 Å². The van der Waals surface area contributed by atoms with E-state index in [1.165, 1.54) is 34.2 Å². The van der Waals surface area contributed by atoms with Crippen LogP contribution in [0.25, 0.3) is 0 Å². The molecule has 2 aromatic carbocycles. The number of hydrogen-bond donors (Lipinski definition) is 1. The van der Waals surface area contributed by atoms with Crippen LogP contribution in [0.1, 0.15) is 40.2 Å². The maximum atomic E-state index is 5.55. The smallest absolute Gasteiger partial charge is 0.161 e. The first kappa shape index (κ1) is 17.1. The average Bonchev–Trinajstić information content (AvgIpc) is 2.59. The zero-order valence-corrected chi connectivity index (χ0v) is 15.2. The molecule has 0 amide bonds. The fourth-order valence-corrected chi connectivity index (χ4v) is 4.15. The Balaban J connectivity index is 0.00000169. The first-order valence-corrected chi connectivity index (χ1v) is 8.29. The van der Waals surface area contributed by atoms with Gasteiger partial charge in [0.15, 0.2) is 11.5 Å². The lowest BCUT2D eigenvalue weighted by atomic mass is 9.72. The summed E-state index contributed by atoms with van der Waals surface area (Å²) in [6, 6.07) is 11.7. The van der Waals surface area contributed by atoms with Gasteiger partial charge < -0.3 is 14.8 Å². The minimum Gasteiger partial charge on any atom is -0.493 e. The van der Waals surface area contributed by atoms with E-state index in [-0.39, 0.29) is 12.4 Å². The average molecular weight is 346 g/mol. The largest absolute Gasteiger partial charge is 0.493 e. The molecule has 2 aliphatic rings. The molecule has 24 heavy (non-hydrogen) atoms. The van der Waals surface area contributed by atoms with Crippen molar-refractivity contribution in [2.45, 2.75) is 38.3 Å². The predicted octanol–water partition coefficient (Wildman–Crippen LogP) is 3.98. The molecule has 2 aromatic rings. The molecule has 0 spiro atoms. The quantitative estimate of drug-likeness (QED) is 0.893. The van der Waals surface area contributed by atoms with Crippen LogP contribution in [-0.4, -0.2) is 20.3 Å². The lowest BCUT2D eigenvalue weighted by Gasteiger charge is -2.40. The van der Waals surface area contributed by atoms with Crippen molar-refractivity contribution in [3.63, 3.8) is 0 Å². The van der Waals surface area contributed by atoms with Gasteiger partial charge in [-0.25, -0.2) is 0 Å². The molecule has 1 aliphatic heterocycles. The minimum atomic E-state index is 0. The predicted molar refractivity (Wildman–Crippen MR) is 98.8 cm³/mol. The van der Waals surface area contributed by atoms with Gasteiger partial charge in [0, 0.05) is 18.5 Å². The number of ether oxygens (including phenoxy) is 2. The molecule has 3 nitrogen and oxygen atoms in total. The van der Waals surface area contributed by atoms with E-state index >= 15 is 0 Å². The number of rotatable bonds is 2. The normalized spacial score (nSPS) is 21.0. The van der Waals surface area contributed by atoms with Gasteiger partial charge in [0.25, 0.3) is 0 Å². The highest BCUT2D eigenvalue weighted by molar-refractivity contribution is 5.85. The molecule has 1 heterocycles. The maximum absolute atomic E-state index is 5.55. The van der Waals surface area contributed by atoms with Gasteiger partial charge in [-0.15, -0.1) is 12.4 Å². The second-order valence-corrected chi connectivity index (χ2v) is 6.61. The summed E-state index contributed by atoms with van der Waals surface area (Å²) in [5.74, 6) is 2.06. The molecule has 0 saturated carbocycles. The zero-order valence-electron chi connectivity index (χ0n) is 14.4. The molecule has 2 atom stereocenters. The Bertz CT molecular complexity index is 760. The minimum absolute atomic E-state index is 0. The van der Waals surface area contributed by atoms with Gasteiger partial charge in [-0.1, -0.05) is 23.8 Å². The van der Waals surface area contributed by atoms with E-state index in [9.17, 15) is 0 Å². The van der Waals surface area contributed by atoms with E-state index in [1.807, 2.05) is 0 Å². The summed E-state index contributed by atoms with van der Waals surface area (Å²) in [6.07, 6.45) is 2.26. The highest BCUT2D eigenvalue weighted by atomic mass is 35.5. The standard InChI is InChI=1S/C20H23NO2.ClH/c1-12-4-5-14-11-21-17-7-6-13-9-18(22-2)19(23-3)10-16(13)20(17)15(14)8-12;/h4-5,8-10,17,20-21H,6-7,11H2,1-3H3;1H/t17-,20-;/m0./s1. The summed E-state index contributed by atoms with van der Waals surface area (Å²) in [5, 5.41) is 3.73. The van der Waals surface area contributed by atoms with Crippen LogP contribution in [-0.2, 0) is 13.0 Å². The topological polar surface area (TPSA) is 30.5 Å². The lowest BCUT2D eigenvalue weighted by Crippen LogP contribution is -2.42. The Morgan fingerprint density at radius 3 is 2.42 bits per heavy atom. The number of nitrogens with one attached hydrogen (secondary N) is 1. The van der Waals surface area contributed by atoms with Crippen LogP contribution in [0.5, 0.6) is 11.5 Å². The molecular formula is C20H24ClNO2. The number of methoxy groups -OCH3 is 2. The molecule has 0 radical (unpaired) electrons. The molecule has 0 fully saturated rings. The summed E-state index contributed by atoms with van der Waals surface area (Å²) < 4.78 is 11.0. The number of aryl methyl sites for hydroxylation is 2. The Labute approximate surface area is 149 Å². The lowest BCUT2D eigenvalue weighted by molar-refractivity contribution is 0.349. The summed E-state index contributed by atoms with van der Waals surface area (Å²) >= 11 is 0. The Morgan fingerprint density at radius 2 is 1.67 bits per heavy atom. The van der Waals surface area contributed by atoms with Crippen LogP contribution in [0.2, 0.25) is 0 Å². The van der Waals surface area contributed by atoms with Crippen LogP contribution in [0.15, 0.2) is 30.3 Å². The molecule has 0 saturated heterocycles. The molecule has 128 valence electrons. The fraction of sp³-hybridized carbons (Fsp3) is 0.400. The van der Waals surface area contributed by atoms with Crippen molar-refractivity contribution in [3.05, 3.63) is 58.1 Å². The fourth-order valence-electron chi connectivity index (χ4n) is 4.15. The number of benzene rings is 2. The van der Waals surface area contributed by atoms with Crippen LogP contribution in [0, 0.1) is 6.92 Å². The number of halogens is 1. The zero-order chi connectivity index (χ0) is 16.0. The van der Waals surface area contributed by atoms with Crippen molar-refractivity contribution in [1.29, 1.82) is 0 Å². The third-order valence-electron chi connectivity index (χ3n) is 5.30. The van der Waals surface area contributed by atoms with Crippen molar-refractivity contribution in [2.75, 3.05) is 14.2 Å². The van der Waals surface area contributed by atoms with Crippen molar-refractivity contribution < 1.29 is 9.47 Å². The molecule has 0 aromatic heterocycles. The highest BCUT2D eigenvalue weighted by Gasteiger charge is 2.35. The summed E-state index contributed by atoms with van der Waals surface area (Å²) in [6.45, 7) is 3.15. The van der Waals surface area contributed by atoms with E-state index in [2.05, 4.69) is 42.6 Å². The molecule has 0 bridgehead atoms. The van der Waals surface area contributed by atoms with Gasteiger partial charge in [-0.3, -0.25) is 0 Å². The van der Waals surface area contributed by atoms with Crippen molar-refractivity contribution in [2.24, 2.45) is 0 Å². The Hall–Kier alpha value is -1.71. The molecular weight excluding hydrogens is 322 g/mol. The van der Waals surface area contributed by atoms with E-state index in [1.54, 1.807) is 14.2 Å².